The van der Waals surface area contributed by atoms with Crippen LogP contribution in [0, 0.1) is 0 Å². The third-order valence-electron chi connectivity index (χ3n) is 2.37. The van der Waals surface area contributed by atoms with Crippen LogP contribution in [-0.4, -0.2) is 19.9 Å². The maximum atomic E-state index is 14.2. The van der Waals surface area contributed by atoms with E-state index in [0.717, 1.165) is 0 Å². The van der Waals surface area contributed by atoms with Crippen molar-refractivity contribution in [3.05, 3.63) is 43.0 Å². The first kappa shape index (κ1) is 9.71. The fourth-order valence-electron chi connectivity index (χ4n) is 1.58. The van der Waals surface area contributed by atoms with Crippen LogP contribution in [0.2, 0.25) is 0 Å². The van der Waals surface area contributed by atoms with Gasteiger partial charge in [0.2, 0.25) is 0 Å². The lowest BCUT2D eigenvalue weighted by Gasteiger charge is -2.12. The normalized spacial score (nSPS) is 10.6. The zero-order chi connectivity index (χ0) is 11.7. The van der Waals surface area contributed by atoms with Gasteiger partial charge >= 0.3 is 0 Å². The summed E-state index contributed by atoms with van der Waals surface area (Å²) in [5.41, 5.74) is 1.31. The molecule has 17 heavy (non-hydrogen) atoms. The molecular weight excluding hydrogens is 221 g/mol. The Kier molecular flexibility index (Phi) is 2.18. The summed E-state index contributed by atoms with van der Waals surface area (Å²) in [6, 6.07) is 8.65. The van der Waals surface area contributed by atoms with Crippen molar-refractivity contribution >= 4 is 22.7 Å². The predicted molar refractivity (Wildman–Crippen MR) is 61.4 cm³/mol. The van der Waals surface area contributed by atoms with Crippen LogP contribution >= 0.6 is 0 Å². The van der Waals surface area contributed by atoms with E-state index in [1.807, 2.05) is 6.07 Å². The van der Waals surface area contributed by atoms with Crippen LogP contribution in [0.25, 0.3) is 11.2 Å². The Morgan fingerprint density at radius 3 is 2.71 bits per heavy atom. The highest BCUT2D eigenvalue weighted by Gasteiger charge is 2.14. The monoisotopic (exact) mass is 229 g/mol. The van der Waals surface area contributed by atoms with Gasteiger partial charge in [-0.3, -0.25) is 0 Å². The summed E-state index contributed by atoms with van der Waals surface area (Å²) in [5.74, 6) is 0.152. The number of hydrogen-bond acceptors (Lipinski definition) is 4. The Labute approximate surface area is 95.9 Å². The second-order valence-electron chi connectivity index (χ2n) is 3.41. The molecule has 1 N–H and O–H groups in total. The van der Waals surface area contributed by atoms with Crippen LogP contribution < -0.4 is 5.12 Å². The van der Waals surface area contributed by atoms with Crippen molar-refractivity contribution in [2.45, 2.75) is 0 Å². The highest BCUT2D eigenvalue weighted by atomic mass is 19.2. The largest absolute Gasteiger partial charge is 0.340 e. The van der Waals surface area contributed by atoms with E-state index in [1.165, 1.54) is 12.7 Å². The smallest absolute Gasteiger partial charge is 0.192 e. The number of para-hydroxylation sites is 1. The van der Waals surface area contributed by atoms with Gasteiger partial charge in [-0.1, -0.05) is 22.7 Å². The van der Waals surface area contributed by atoms with Crippen LogP contribution in [0.3, 0.4) is 0 Å². The summed E-state index contributed by atoms with van der Waals surface area (Å²) in [5, 5.41) is 0.502. The number of anilines is 2. The topological polar surface area (TPSA) is 57.7 Å². The summed E-state index contributed by atoms with van der Waals surface area (Å²) >= 11 is 0. The lowest BCUT2D eigenvalue weighted by molar-refractivity contribution is 0.500. The van der Waals surface area contributed by atoms with Crippen LogP contribution in [0.5, 0.6) is 0 Å². The molecule has 0 radical (unpaired) electrons. The number of nitrogens with one attached hydrogen (secondary N) is 1. The summed E-state index contributed by atoms with van der Waals surface area (Å²) in [4.78, 5) is 14.6. The van der Waals surface area contributed by atoms with Gasteiger partial charge in [-0.2, -0.15) is 5.12 Å². The van der Waals surface area contributed by atoms with Gasteiger partial charge in [-0.25, -0.2) is 15.0 Å². The third-order valence-corrected chi connectivity index (χ3v) is 2.37. The van der Waals surface area contributed by atoms with E-state index in [-0.39, 0.29) is 5.82 Å². The molecule has 5 nitrogen and oxygen atoms in total. The summed E-state index contributed by atoms with van der Waals surface area (Å²) < 4.78 is 14.2. The molecule has 2 aromatic heterocycles. The number of rotatable bonds is 2. The highest BCUT2D eigenvalue weighted by Crippen LogP contribution is 2.27. The van der Waals surface area contributed by atoms with E-state index in [2.05, 4.69) is 19.9 Å². The molecule has 0 saturated carbocycles. The maximum Gasteiger partial charge on any atom is 0.192 e. The standard InChI is InChI=1S/C11H8FN5/c12-17(8-4-2-1-3-5-8)11-9-10(14-6-13-9)15-7-16-11/h1-7H,(H,13,14,15,16). The molecule has 3 aromatic rings. The van der Waals surface area contributed by atoms with E-state index < -0.39 is 0 Å². The minimum Gasteiger partial charge on any atom is -0.340 e. The van der Waals surface area contributed by atoms with Crippen LogP contribution in [0.15, 0.2) is 43.0 Å². The minimum absolute atomic E-state index is 0.152. The highest BCUT2D eigenvalue weighted by molar-refractivity contribution is 5.84. The summed E-state index contributed by atoms with van der Waals surface area (Å²) in [6.45, 7) is 0. The molecule has 0 aliphatic heterocycles. The number of halogens is 1. The van der Waals surface area contributed by atoms with Crippen molar-refractivity contribution in [1.82, 2.24) is 19.9 Å². The molecular formula is C11H8FN5. The number of nitrogens with zero attached hydrogens (tertiary/aromatic N) is 4. The lowest BCUT2D eigenvalue weighted by atomic mass is 10.3. The Balaban J connectivity index is 2.13. The summed E-state index contributed by atoms with van der Waals surface area (Å²) in [6.07, 6.45) is 2.75. The van der Waals surface area contributed by atoms with Gasteiger partial charge in [-0.05, 0) is 12.1 Å². The van der Waals surface area contributed by atoms with Gasteiger partial charge in [0.25, 0.3) is 0 Å². The zero-order valence-corrected chi connectivity index (χ0v) is 8.71. The first-order chi connectivity index (χ1) is 8.36. The average molecular weight is 229 g/mol. The minimum atomic E-state index is 0.152. The molecule has 0 spiro atoms. The van der Waals surface area contributed by atoms with Crippen molar-refractivity contribution in [3.63, 3.8) is 0 Å². The third kappa shape index (κ3) is 1.59. The van der Waals surface area contributed by atoms with Crippen molar-refractivity contribution < 1.29 is 4.48 Å². The number of fused-ring (bicyclic) bond motifs is 1. The molecule has 0 fully saturated rings. The van der Waals surface area contributed by atoms with Crippen molar-refractivity contribution in [2.24, 2.45) is 0 Å². The van der Waals surface area contributed by atoms with E-state index in [1.54, 1.807) is 24.3 Å². The molecule has 6 heteroatoms. The van der Waals surface area contributed by atoms with Crippen molar-refractivity contribution in [3.8, 4) is 0 Å². The van der Waals surface area contributed by atoms with Gasteiger partial charge in [0.05, 0.1) is 12.0 Å². The first-order valence-electron chi connectivity index (χ1n) is 5.01. The molecule has 0 aliphatic carbocycles. The Morgan fingerprint density at radius 2 is 1.88 bits per heavy atom. The van der Waals surface area contributed by atoms with E-state index in [9.17, 15) is 4.48 Å². The molecule has 84 valence electrons. The van der Waals surface area contributed by atoms with Gasteiger partial charge < -0.3 is 4.98 Å². The fraction of sp³-hybridized carbons (Fsp3) is 0. The van der Waals surface area contributed by atoms with Crippen LogP contribution in [0.1, 0.15) is 0 Å². The molecule has 0 amide bonds. The van der Waals surface area contributed by atoms with Crippen molar-refractivity contribution in [1.29, 1.82) is 0 Å². The Hall–Kier alpha value is -2.50. The van der Waals surface area contributed by atoms with Crippen LogP contribution in [-0.2, 0) is 0 Å². The molecule has 0 atom stereocenters. The van der Waals surface area contributed by atoms with E-state index >= 15 is 0 Å². The molecule has 2 heterocycles. The quantitative estimate of drug-likeness (QED) is 0.685. The van der Waals surface area contributed by atoms with E-state index in [0.29, 0.717) is 22.0 Å². The van der Waals surface area contributed by atoms with Crippen molar-refractivity contribution in [2.75, 3.05) is 5.12 Å². The number of aromatic nitrogens is 4. The predicted octanol–water partition coefficient (Wildman–Crippen LogP) is 2.38. The molecule has 0 aliphatic rings. The molecule has 1 aromatic carbocycles. The fourth-order valence-corrected chi connectivity index (χ4v) is 1.58. The first-order valence-corrected chi connectivity index (χ1v) is 5.01. The molecule has 0 unspecified atom stereocenters. The number of imidazole rings is 1. The average Bonchev–Trinajstić information content (AvgIpc) is 2.87. The van der Waals surface area contributed by atoms with Gasteiger partial charge in [-0.15, -0.1) is 0 Å². The van der Waals surface area contributed by atoms with Gasteiger partial charge in [0.1, 0.15) is 11.8 Å². The zero-order valence-electron chi connectivity index (χ0n) is 8.71. The van der Waals surface area contributed by atoms with Gasteiger partial charge in [0.15, 0.2) is 11.5 Å². The maximum absolute atomic E-state index is 14.2. The second kappa shape index (κ2) is 3.82. The second-order valence-corrected chi connectivity index (χ2v) is 3.41. The Morgan fingerprint density at radius 1 is 1.06 bits per heavy atom. The number of H-pyrrole nitrogens is 1. The Bertz CT molecular complexity index is 636. The van der Waals surface area contributed by atoms with Crippen LogP contribution in [0.4, 0.5) is 16.0 Å². The van der Waals surface area contributed by atoms with E-state index in [4.69, 9.17) is 0 Å². The number of benzene rings is 1. The van der Waals surface area contributed by atoms with Gasteiger partial charge in [0, 0.05) is 0 Å². The summed E-state index contributed by atoms with van der Waals surface area (Å²) in [7, 11) is 0. The number of aromatic amines is 1. The molecule has 3 rings (SSSR count). The SMILES string of the molecule is FN(c1ccccc1)c1ncnc2nc[nH]c12. The molecule has 0 saturated heterocycles. The lowest BCUT2D eigenvalue weighted by Crippen LogP contribution is -2.06. The molecule has 0 bridgehead atoms. The number of hydrogen-bond donors (Lipinski definition) is 1.